The van der Waals surface area contributed by atoms with Gasteiger partial charge in [0, 0.05) is 6.54 Å². The number of carbonyl (C=O) groups is 1. The fraction of sp³-hybridized carbons (Fsp3) is 0.350. The molecule has 1 unspecified atom stereocenters. The van der Waals surface area contributed by atoms with E-state index in [9.17, 15) is 9.18 Å². The highest BCUT2D eigenvalue weighted by atomic mass is 19.1. The quantitative estimate of drug-likeness (QED) is 0.796. The molecule has 138 valence electrons. The maximum atomic E-state index is 13.3. The number of para-hydroxylation sites is 2. The molecule has 2 aromatic rings. The van der Waals surface area contributed by atoms with Crippen LogP contribution >= 0.6 is 0 Å². The van der Waals surface area contributed by atoms with Crippen molar-refractivity contribution >= 4 is 5.91 Å². The lowest BCUT2D eigenvalue weighted by Gasteiger charge is -2.33. The Balaban J connectivity index is 1.54. The number of hydrogen-bond donors (Lipinski definition) is 0. The highest BCUT2D eigenvalue weighted by molar-refractivity contribution is 5.78. The summed E-state index contributed by atoms with van der Waals surface area (Å²) in [6.45, 7) is 1.75. The van der Waals surface area contributed by atoms with Crippen molar-refractivity contribution in [2.45, 2.75) is 12.5 Å². The molecule has 1 aliphatic heterocycles. The van der Waals surface area contributed by atoms with Gasteiger partial charge in [-0.3, -0.25) is 4.79 Å². The Morgan fingerprint density at radius 3 is 2.81 bits per heavy atom. The van der Waals surface area contributed by atoms with E-state index in [1.54, 1.807) is 24.1 Å². The molecule has 3 rings (SSSR count). The predicted octanol–water partition coefficient (Wildman–Crippen LogP) is 2.68. The van der Waals surface area contributed by atoms with Gasteiger partial charge < -0.3 is 19.1 Å². The van der Waals surface area contributed by atoms with Gasteiger partial charge in [0.25, 0.3) is 0 Å². The number of halogens is 1. The summed E-state index contributed by atoms with van der Waals surface area (Å²) < 4.78 is 30.0. The Hall–Kier alpha value is -2.60. The summed E-state index contributed by atoms with van der Waals surface area (Å²) in [4.78, 5) is 14.2. The van der Waals surface area contributed by atoms with E-state index < -0.39 is 0 Å². The molecule has 1 saturated heterocycles. The Bertz CT molecular complexity index is 752. The number of benzene rings is 2. The summed E-state index contributed by atoms with van der Waals surface area (Å²) in [6.07, 6.45) is -0.0391. The van der Waals surface area contributed by atoms with Crippen molar-refractivity contribution in [1.82, 2.24) is 4.90 Å². The number of amides is 1. The third-order valence-corrected chi connectivity index (χ3v) is 4.23. The first-order valence-corrected chi connectivity index (χ1v) is 8.55. The van der Waals surface area contributed by atoms with Gasteiger partial charge in [0.15, 0.2) is 11.5 Å². The van der Waals surface area contributed by atoms with Crippen molar-refractivity contribution in [1.29, 1.82) is 0 Å². The minimum atomic E-state index is -0.333. The normalized spacial score (nSPS) is 17.0. The number of hydrogen-bond acceptors (Lipinski definition) is 4. The van der Waals surface area contributed by atoms with E-state index in [-0.39, 0.29) is 24.2 Å². The number of morpholine rings is 1. The SMILES string of the molecule is COc1ccccc1OCC1CN(C(=O)Cc2cccc(F)c2)CCO1. The van der Waals surface area contributed by atoms with E-state index >= 15 is 0 Å². The summed E-state index contributed by atoms with van der Waals surface area (Å²) >= 11 is 0. The molecule has 0 aromatic heterocycles. The largest absolute Gasteiger partial charge is 0.493 e. The van der Waals surface area contributed by atoms with Crippen LogP contribution in [0.25, 0.3) is 0 Å². The second-order valence-electron chi connectivity index (χ2n) is 6.10. The molecule has 2 aromatic carbocycles. The van der Waals surface area contributed by atoms with Crippen LogP contribution in [0.3, 0.4) is 0 Å². The first kappa shape index (κ1) is 18.2. The standard InChI is InChI=1S/C20H22FNO4/c1-24-18-7-2-3-8-19(18)26-14-17-13-22(9-10-25-17)20(23)12-15-5-4-6-16(21)11-15/h2-8,11,17H,9-10,12-14H2,1H3. The average molecular weight is 359 g/mol. The molecular weight excluding hydrogens is 337 g/mol. The molecule has 1 aliphatic rings. The minimum absolute atomic E-state index is 0.0406. The molecule has 0 spiro atoms. The molecule has 5 nitrogen and oxygen atoms in total. The molecule has 0 aliphatic carbocycles. The highest BCUT2D eigenvalue weighted by Gasteiger charge is 2.25. The smallest absolute Gasteiger partial charge is 0.227 e. The van der Waals surface area contributed by atoms with Crippen LogP contribution < -0.4 is 9.47 Å². The van der Waals surface area contributed by atoms with Crippen LogP contribution in [0, 0.1) is 5.82 Å². The van der Waals surface area contributed by atoms with Crippen molar-refractivity contribution < 1.29 is 23.4 Å². The topological polar surface area (TPSA) is 48.0 Å². The molecule has 1 atom stereocenters. The molecule has 0 bridgehead atoms. The summed E-state index contributed by atoms with van der Waals surface area (Å²) in [6, 6.07) is 13.5. The van der Waals surface area contributed by atoms with Gasteiger partial charge in [-0.05, 0) is 29.8 Å². The van der Waals surface area contributed by atoms with Gasteiger partial charge in [0.1, 0.15) is 18.5 Å². The second kappa shape index (κ2) is 8.67. The van der Waals surface area contributed by atoms with E-state index in [4.69, 9.17) is 14.2 Å². The van der Waals surface area contributed by atoms with Crippen LogP contribution in [0.1, 0.15) is 5.56 Å². The number of methoxy groups -OCH3 is 1. The lowest BCUT2D eigenvalue weighted by Crippen LogP contribution is -2.48. The summed E-state index contributed by atoms with van der Waals surface area (Å²) in [5.74, 6) is 0.922. The molecule has 0 saturated carbocycles. The van der Waals surface area contributed by atoms with Crippen molar-refractivity contribution in [2.24, 2.45) is 0 Å². The van der Waals surface area contributed by atoms with Crippen LogP contribution in [0.4, 0.5) is 4.39 Å². The average Bonchev–Trinajstić information content (AvgIpc) is 2.67. The zero-order chi connectivity index (χ0) is 18.4. The molecule has 26 heavy (non-hydrogen) atoms. The third kappa shape index (κ3) is 4.73. The first-order valence-electron chi connectivity index (χ1n) is 8.55. The summed E-state index contributed by atoms with van der Waals surface area (Å²) in [7, 11) is 1.59. The molecule has 1 heterocycles. The van der Waals surface area contributed by atoms with Crippen LogP contribution in [0.5, 0.6) is 11.5 Å². The van der Waals surface area contributed by atoms with Crippen molar-refractivity contribution in [3.05, 3.63) is 59.9 Å². The Kier molecular flexibility index (Phi) is 6.07. The summed E-state index contributed by atoms with van der Waals surface area (Å²) in [5, 5.41) is 0. The molecule has 6 heteroatoms. The van der Waals surface area contributed by atoms with Gasteiger partial charge in [0.2, 0.25) is 5.91 Å². The van der Waals surface area contributed by atoms with Crippen molar-refractivity contribution in [2.75, 3.05) is 33.4 Å². The van der Waals surface area contributed by atoms with Gasteiger partial charge in [-0.1, -0.05) is 24.3 Å². The third-order valence-electron chi connectivity index (χ3n) is 4.23. The van der Waals surface area contributed by atoms with Crippen molar-refractivity contribution in [3.8, 4) is 11.5 Å². The lowest BCUT2D eigenvalue weighted by molar-refractivity contribution is -0.139. The van der Waals surface area contributed by atoms with E-state index in [0.29, 0.717) is 43.4 Å². The van der Waals surface area contributed by atoms with Crippen LogP contribution in [-0.2, 0) is 16.0 Å². The fourth-order valence-corrected chi connectivity index (χ4v) is 2.90. The molecule has 1 amide bonds. The molecular formula is C20H22FNO4. The molecule has 0 N–H and O–H groups in total. The maximum Gasteiger partial charge on any atom is 0.227 e. The Morgan fingerprint density at radius 2 is 2.04 bits per heavy atom. The first-order chi connectivity index (χ1) is 12.7. The van der Waals surface area contributed by atoms with Crippen molar-refractivity contribution in [3.63, 3.8) is 0 Å². The monoisotopic (exact) mass is 359 g/mol. The zero-order valence-electron chi connectivity index (χ0n) is 14.7. The minimum Gasteiger partial charge on any atom is -0.493 e. The Morgan fingerprint density at radius 1 is 1.23 bits per heavy atom. The number of rotatable bonds is 6. The highest BCUT2D eigenvalue weighted by Crippen LogP contribution is 2.26. The molecule has 1 fully saturated rings. The zero-order valence-corrected chi connectivity index (χ0v) is 14.7. The van der Waals surface area contributed by atoms with Gasteiger partial charge >= 0.3 is 0 Å². The van der Waals surface area contributed by atoms with Gasteiger partial charge in [-0.2, -0.15) is 0 Å². The van der Waals surface area contributed by atoms with Gasteiger partial charge in [0.05, 0.1) is 26.7 Å². The lowest BCUT2D eigenvalue weighted by atomic mass is 10.1. The van der Waals surface area contributed by atoms with E-state index in [0.717, 1.165) is 0 Å². The second-order valence-corrected chi connectivity index (χ2v) is 6.10. The van der Waals surface area contributed by atoms with Crippen LogP contribution in [-0.4, -0.2) is 50.3 Å². The summed E-state index contributed by atoms with van der Waals surface area (Å²) in [5.41, 5.74) is 0.670. The fourth-order valence-electron chi connectivity index (χ4n) is 2.90. The van der Waals surface area contributed by atoms with Gasteiger partial charge in [-0.25, -0.2) is 4.39 Å². The van der Waals surface area contributed by atoms with E-state index in [1.807, 2.05) is 24.3 Å². The van der Waals surface area contributed by atoms with E-state index in [2.05, 4.69) is 0 Å². The van der Waals surface area contributed by atoms with E-state index in [1.165, 1.54) is 12.1 Å². The van der Waals surface area contributed by atoms with Crippen LogP contribution in [0.2, 0.25) is 0 Å². The number of carbonyl (C=O) groups excluding carboxylic acids is 1. The molecule has 0 radical (unpaired) electrons. The number of ether oxygens (including phenoxy) is 3. The Labute approximate surface area is 152 Å². The predicted molar refractivity (Wildman–Crippen MR) is 94.9 cm³/mol. The van der Waals surface area contributed by atoms with Crippen LogP contribution in [0.15, 0.2) is 48.5 Å². The van der Waals surface area contributed by atoms with Gasteiger partial charge in [-0.15, -0.1) is 0 Å². The number of nitrogens with zero attached hydrogens (tertiary/aromatic N) is 1. The maximum absolute atomic E-state index is 13.3.